The zero-order valence-corrected chi connectivity index (χ0v) is 13.1. The molecule has 0 aliphatic rings. The summed E-state index contributed by atoms with van der Waals surface area (Å²) in [5, 5.41) is 15.7. The molecule has 0 saturated heterocycles. The van der Waals surface area contributed by atoms with E-state index < -0.39 is 0 Å². The van der Waals surface area contributed by atoms with Crippen LogP contribution in [0.1, 0.15) is 40.0 Å². The smallest absolute Gasteiger partial charge is 0.282 e. The van der Waals surface area contributed by atoms with Crippen molar-refractivity contribution in [2.45, 2.75) is 33.2 Å². The van der Waals surface area contributed by atoms with Gasteiger partial charge in [-0.3, -0.25) is 4.79 Å². The van der Waals surface area contributed by atoms with E-state index in [-0.39, 0.29) is 5.91 Å². The van der Waals surface area contributed by atoms with Gasteiger partial charge >= 0.3 is 0 Å². The van der Waals surface area contributed by atoms with Gasteiger partial charge in [-0.25, -0.2) is 4.98 Å². The molecular formula is C12H17N5OS2. The Bertz CT molecular complexity index is 566. The fraction of sp³-hybridized carbons (Fsp3) is 0.500. The minimum Gasteiger partial charge on any atom is -0.360 e. The summed E-state index contributed by atoms with van der Waals surface area (Å²) >= 11 is 2.88. The van der Waals surface area contributed by atoms with Crippen LogP contribution in [0.25, 0.3) is 0 Å². The Hall–Kier alpha value is -1.54. The van der Waals surface area contributed by atoms with E-state index >= 15 is 0 Å². The molecule has 0 radical (unpaired) electrons. The quantitative estimate of drug-likeness (QED) is 0.820. The predicted molar refractivity (Wildman–Crippen MR) is 81.4 cm³/mol. The second-order valence-corrected chi connectivity index (χ2v) is 6.27. The van der Waals surface area contributed by atoms with E-state index in [0.717, 1.165) is 24.4 Å². The highest BCUT2D eigenvalue weighted by Crippen LogP contribution is 2.16. The van der Waals surface area contributed by atoms with E-state index in [9.17, 15) is 4.79 Å². The molecule has 0 aromatic carbocycles. The standard InChI is InChI=1S/C12H17N5OS2/c1-3-5-13-12-17-16-11(20-12)10(18)15-7-9-14-6-8(4-2)19-9/h6H,3-5,7H2,1-2H3,(H,13,17)(H,15,18). The van der Waals surface area contributed by atoms with E-state index in [1.165, 1.54) is 16.2 Å². The molecule has 0 atom stereocenters. The van der Waals surface area contributed by atoms with Gasteiger partial charge in [-0.1, -0.05) is 25.2 Å². The molecule has 8 heteroatoms. The molecular weight excluding hydrogens is 294 g/mol. The lowest BCUT2D eigenvalue weighted by atomic mass is 10.4. The van der Waals surface area contributed by atoms with Crippen molar-refractivity contribution in [3.63, 3.8) is 0 Å². The number of aromatic nitrogens is 3. The van der Waals surface area contributed by atoms with Gasteiger partial charge in [-0.05, 0) is 12.8 Å². The van der Waals surface area contributed by atoms with Gasteiger partial charge < -0.3 is 10.6 Å². The maximum Gasteiger partial charge on any atom is 0.282 e. The molecule has 0 aliphatic carbocycles. The van der Waals surface area contributed by atoms with E-state index in [4.69, 9.17) is 0 Å². The molecule has 20 heavy (non-hydrogen) atoms. The maximum atomic E-state index is 11.9. The highest BCUT2D eigenvalue weighted by Gasteiger charge is 2.13. The number of aryl methyl sites for hydroxylation is 1. The van der Waals surface area contributed by atoms with Gasteiger partial charge in [0.1, 0.15) is 5.01 Å². The normalized spacial score (nSPS) is 10.5. The lowest BCUT2D eigenvalue weighted by Gasteiger charge is -1.98. The largest absolute Gasteiger partial charge is 0.360 e. The summed E-state index contributed by atoms with van der Waals surface area (Å²) in [7, 11) is 0. The van der Waals surface area contributed by atoms with Gasteiger partial charge in [-0.2, -0.15) is 0 Å². The minimum atomic E-state index is -0.208. The lowest BCUT2D eigenvalue weighted by molar-refractivity contribution is 0.0950. The van der Waals surface area contributed by atoms with Gasteiger partial charge in [0.15, 0.2) is 0 Å². The second-order valence-electron chi connectivity index (χ2n) is 4.10. The predicted octanol–water partition coefficient (Wildman–Crippen LogP) is 2.31. The molecule has 2 N–H and O–H groups in total. The van der Waals surface area contributed by atoms with Gasteiger partial charge in [0.05, 0.1) is 6.54 Å². The first-order valence-corrected chi connectivity index (χ1v) is 8.15. The Morgan fingerprint density at radius 2 is 2.15 bits per heavy atom. The van der Waals surface area contributed by atoms with E-state index in [1.807, 2.05) is 6.20 Å². The summed E-state index contributed by atoms with van der Waals surface area (Å²) in [6, 6.07) is 0. The summed E-state index contributed by atoms with van der Waals surface area (Å²) in [6.07, 6.45) is 3.82. The van der Waals surface area contributed by atoms with Crippen molar-refractivity contribution in [1.29, 1.82) is 0 Å². The van der Waals surface area contributed by atoms with E-state index in [0.29, 0.717) is 16.7 Å². The van der Waals surface area contributed by atoms with Crippen molar-refractivity contribution in [1.82, 2.24) is 20.5 Å². The first-order valence-electron chi connectivity index (χ1n) is 6.52. The number of rotatable bonds is 7. The van der Waals surface area contributed by atoms with Crippen LogP contribution in [0.4, 0.5) is 5.13 Å². The Morgan fingerprint density at radius 1 is 1.30 bits per heavy atom. The van der Waals surface area contributed by atoms with Gasteiger partial charge in [0.2, 0.25) is 10.1 Å². The molecule has 0 spiro atoms. The van der Waals surface area contributed by atoms with Crippen LogP contribution >= 0.6 is 22.7 Å². The number of anilines is 1. The van der Waals surface area contributed by atoms with Gasteiger partial charge in [0, 0.05) is 17.6 Å². The number of carbonyl (C=O) groups excluding carboxylic acids is 1. The maximum absolute atomic E-state index is 11.9. The van der Waals surface area contributed by atoms with Gasteiger partial charge in [0.25, 0.3) is 5.91 Å². The van der Waals surface area contributed by atoms with Crippen molar-refractivity contribution in [2.24, 2.45) is 0 Å². The van der Waals surface area contributed by atoms with E-state index in [1.54, 1.807) is 11.3 Å². The third-order valence-corrected chi connectivity index (χ3v) is 4.52. The highest BCUT2D eigenvalue weighted by molar-refractivity contribution is 7.17. The number of hydrogen-bond acceptors (Lipinski definition) is 7. The molecule has 6 nitrogen and oxygen atoms in total. The number of thiazole rings is 1. The zero-order chi connectivity index (χ0) is 14.4. The monoisotopic (exact) mass is 311 g/mol. The first-order chi connectivity index (χ1) is 9.72. The number of hydrogen-bond donors (Lipinski definition) is 2. The summed E-state index contributed by atoms with van der Waals surface area (Å²) in [6.45, 7) is 5.41. The average Bonchev–Trinajstić information content (AvgIpc) is 3.11. The molecule has 1 amide bonds. The zero-order valence-electron chi connectivity index (χ0n) is 11.5. The van der Waals surface area contributed by atoms with Crippen molar-refractivity contribution in [3.8, 4) is 0 Å². The van der Waals surface area contributed by atoms with E-state index in [2.05, 4.69) is 39.7 Å². The molecule has 108 valence electrons. The molecule has 2 rings (SSSR count). The lowest BCUT2D eigenvalue weighted by Crippen LogP contribution is -2.22. The molecule has 2 aromatic rings. The van der Waals surface area contributed by atoms with Crippen LogP contribution < -0.4 is 10.6 Å². The topological polar surface area (TPSA) is 79.8 Å². The number of nitrogens with zero attached hydrogens (tertiary/aromatic N) is 3. The van der Waals surface area contributed by atoms with Crippen molar-refractivity contribution in [3.05, 3.63) is 21.1 Å². The summed E-state index contributed by atoms with van der Waals surface area (Å²) < 4.78 is 0. The average molecular weight is 311 g/mol. The second kappa shape index (κ2) is 7.30. The highest BCUT2D eigenvalue weighted by atomic mass is 32.1. The summed E-state index contributed by atoms with van der Waals surface area (Å²) in [5.41, 5.74) is 0. The third-order valence-electron chi connectivity index (χ3n) is 2.50. The van der Waals surface area contributed by atoms with Crippen LogP contribution in [0.15, 0.2) is 6.20 Å². The van der Waals surface area contributed by atoms with Crippen LogP contribution in [-0.2, 0) is 13.0 Å². The first kappa shape index (κ1) is 14.9. The Labute approximate surface area is 125 Å². The Morgan fingerprint density at radius 3 is 2.85 bits per heavy atom. The fourth-order valence-corrected chi connectivity index (χ4v) is 2.93. The van der Waals surface area contributed by atoms with Crippen LogP contribution in [0.5, 0.6) is 0 Å². The number of amides is 1. The molecule has 0 unspecified atom stereocenters. The fourth-order valence-electron chi connectivity index (χ4n) is 1.44. The molecule has 0 saturated carbocycles. The summed E-state index contributed by atoms with van der Waals surface area (Å²) in [5.74, 6) is -0.208. The van der Waals surface area contributed by atoms with Crippen LogP contribution in [0, 0.1) is 0 Å². The van der Waals surface area contributed by atoms with Crippen molar-refractivity contribution >= 4 is 33.7 Å². The van der Waals surface area contributed by atoms with Crippen molar-refractivity contribution < 1.29 is 4.79 Å². The van der Waals surface area contributed by atoms with Crippen LogP contribution in [0.3, 0.4) is 0 Å². The number of carbonyl (C=O) groups is 1. The van der Waals surface area contributed by atoms with Crippen LogP contribution in [0.2, 0.25) is 0 Å². The molecule has 0 aliphatic heterocycles. The SMILES string of the molecule is CCCNc1nnc(C(=O)NCc2ncc(CC)s2)s1. The van der Waals surface area contributed by atoms with Crippen molar-refractivity contribution in [2.75, 3.05) is 11.9 Å². The number of nitrogens with one attached hydrogen (secondary N) is 2. The van der Waals surface area contributed by atoms with Gasteiger partial charge in [-0.15, -0.1) is 21.5 Å². The third kappa shape index (κ3) is 3.97. The molecule has 2 heterocycles. The molecule has 0 bridgehead atoms. The molecule has 0 fully saturated rings. The van der Waals surface area contributed by atoms with Crippen LogP contribution in [-0.4, -0.2) is 27.6 Å². The Kier molecular flexibility index (Phi) is 5.42. The minimum absolute atomic E-state index is 0.208. The Balaban J connectivity index is 1.86. The molecule has 2 aromatic heterocycles. The summed E-state index contributed by atoms with van der Waals surface area (Å²) in [4.78, 5) is 17.4.